The predicted molar refractivity (Wildman–Crippen MR) is 66.2 cm³/mol. The molecule has 2 fully saturated rings. The molecule has 0 aromatic rings. The van der Waals surface area contributed by atoms with Gasteiger partial charge in [0.1, 0.15) is 0 Å². The Balaban J connectivity index is 1.81. The van der Waals surface area contributed by atoms with Crippen LogP contribution in [0.5, 0.6) is 0 Å². The predicted octanol–water partition coefficient (Wildman–Crippen LogP) is 0.776. The molecule has 2 atom stereocenters. The van der Waals surface area contributed by atoms with Crippen LogP contribution in [0.4, 0.5) is 0 Å². The summed E-state index contributed by atoms with van der Waals surface area (Å²) < 4.78 is 0. The van der Waals surface area contributed by atoms with E-state index in [9.17, 15) is 9.59 Å². The van der Waals surface area contributed by atoms with Gasteiger partial charge in [-0.05, 0) is 38.8 Å². The van der Waals surface area contributed by atoms with Crippen molar-refractivity contribution in [2.45, 2.75) is 50.6 Å². The second-order valence-corrected chi connectivity index (χ2v) is 4.88. The summed E-state index contributed by atoms with van der Waals surface area (Å²) in [5.41, 5.74) is 0. The molecule has 2 rings (SSSR count). The van der Waals surface area contributed by atoms with Gasteiger partial charge in [-0.1, -0.05) is 12.8 Å². The lowest BCUT2D eigenvalue weighted by molar-refractivity contribution is -0.124. The standard InChI is InChI=1S/C12H20N4O2/c17-11(9-5-1-3-7-13-9)15-16-12(18)10-6-2-4-8-14-10/h9-10,13-14H,1-8H2/t9-,10?/m1/s1. The van der Waals surface area contributed by atoms with Gasteiger partial charge in [-0.3, -0.25) is 9.59 Å². The van der Waals surface area contributed by atoms with Gasteiger partial charge in [-0.15, -0.1) is 10.2 Å². The van der Waals surface area contributed by atoms with E-state index in [4.69, 9.17) is 0 Å². The van der Waals surface area contributed by atoms with Crippen molar-refractivity contribution < 1.29 is 9.59 Å². The molecule has 0 radical (unpaired) electrons. The summed E-state index contributed by atoms with van der Waals surface area (Å²) in [6.07, 6.45) is 5.80. The fourth-order valence-corrected chi connectivity index (χ4v) is 2.36. The summed E-state index contributed by atoms with van der Waals surface area (Å²) >= 11 is 0. The van der Waals surface area contributed by atoms with Gasteiger partial charge in [-0.25, -0.2) is 0 Å². The van der Waals surface area contributed by atoms with Gasteiger partial charge in [0.05, 0.1) is 12.1 Å². The molecule has 2 amide bonds. The maximum atomic E-state index is 11.7. The number of hydrogen-bond donors (Lipinski definition) is 2. The van der Waals surface area contributed by atoms with Gasteiger partial charge in [0.15, 0.2) is 0 Å². The van der Waals surface area contributed by atoms with Crippen LogP contribution in [0.2, 0.25) is 0 Å². The topological polar surface area (TPSA) is 82.9 Å². The van der Waals surface area contributed by atoms with Crippen molar-refractivity contribution in [3.8, 4) is 0 Å². The monoisotopic (exact) mass is 252 g/mol. The minimum absolute atomic E-state index is 0.255. The van der Waals surface area contributed by atoms with Gasteiger partial charge >= 0.3 is 0 Å². The first kappa shape index (κ1) is 13.3. The van der Waals surface area contributed by atoms with E-state index in [0.29, 0.717) is 0 Å². The second-order valence-electron chi connectivity index (χ2n) is 4.88. The lowest BCUT2D eigenvalue weighted by Gasteiger charge is -2.20. The van der Waals surface area contributed by atoms with Gasteiger partial charge in [0.2, 0.25) is 0 Å². The number of carbonyl (C=O) groups is 2. The highest BCUT2D eigenvalue weighted by atomic mass is 16.2. The molecule has 1 unspecified atom stereocenters. The highest BCUT2D eigenvalue weighted by molar-refractivity contribution is 5.87. The third-order valence-corrected chi connectivity index (χ3v) is 3.46. The zero-order valence-corrected chi connectivity index (χ0v) is 10.5. The van der Waals surface area contributed by atoms with Gasteiger partial charge < -0.3 is 10.6 Å². The van der Waals surface area contributed by atoms with Crippen molar-refractivity contribution in [3.63, 3.8) is 0 Å². The molecule has 6 heteroatoms. The van der Waals surface area contributed by atoms with Crippen LogP contribution in [0, 0.1) is 0 Å². The van der Waals surface area contributed by atoms with Crippen molar-refractivity contribution in [1.29, 1.82) is 0 Å². The number of amides is 2. The number of piperidine rings is 2. The van der Waals surface area contributed by atoms with Crippen LogP contribution in [-0.4, -0.2) is 37.0 Å². The highest BCUT2D eigenvalue weighted by Crippen LogP contribution is 2.10. The van der Waals surface area contributed by atoms with Crippen molar-refractivity contribution in [2.24, 2.45) is 10.2 Å². The van der Waals surface area contributed by atoms with Gasteiger partial charge in [0, 0.05) is 0 Å². The van der Waals surface area contributed by atoms with E-state index < -0.39 is 0 Å². The SMILES string of the molecule is O=C(N=NC(=O)[C@H]1CCCCN1)C1CCCCN1. The van der Waals surface area contributed by atoms with Crippen molar-refractivity contribution in [2.75, 3.05) is 13.1 Å². The zero-order chi connectivity index (χ0) is 12.8. The summed E-state index contributed by atoms with van der Waals surface area (Å²) in [6.45, 7) is 1.67. The Morgan fingerprint density at radius 3 is 1.56 bits per heavy atom. The maximum absolute atomic E-state index is 11.7. The Hall–Kier alpha value is -1.14. The quantitative estimate of drug-likeness (QED) is 0.711. The molecule has 100 valence electrons. The molecule has 0 spiro atoms. The number of rotatable bonds is 2. The first-order valence-electron chi connectivity index (χ1n) is 6.73. The van der Waals surface area contributed by atoms with Crippen LogP contribution in [0.25, 0.3) is 0 Å². The minimum Gasteiger partial charge on any atom is -0.306 e. The number of nitrogens with one attached hydrogen (secondary N) is 2. The zero-order valence-electron chi connectivity index (χ0n) is 10.5. The second kappa shape index (κ2) is 6.70. The summed E-state index contributed by atoms with van der Waals surface area (Å²) in [5.74, 6) is -0.641. The largest absolute Gasteiger partial charge is 0.306 e. The number of hydrogen-bond acceptors (Lipinski definition) is 4. The van der Waals surface area contributed by atoms with Crippen LogP contribution in [0.15, 0.2) is 10.2 Å². The molecular weight excluding hydrogens is 232 g/mol. The van der Waals surface area contributed by atoms with Gasteiger partial charge in [-0.2, -0.15) is 0 Å². The Bertz CT molecular complexity index is 299. The van der Waals surface area contributed by atoms with Crippen molar-refractivity contribution in [1.82, 2.24) is 10.6 Å². The molecule has 2 aliphatic rings. The van der Waals surface area contributed by atoms with Crippen LogP contribution in [0.1, 0.15) is 38.5 Å². The first-order chi connectivity index (χ1) is 8.77. The number of azo groups is 1. The Morgan fingerprint density at radius 2 is 1.22 bits per heavy atom. The van der Waals surface area contributed by atoms with Crippen LogP contribution < -0.4 is 10.6 Å². The van der Waals surface area contributed by atoms with Crippen LogP contribution >= 0.6 is 0 Å². The molecular formula is C12H20N4O2. The molecule has 0 saturated carbocycles. The smallest absolute Gasteiger partial charge is 0.281 e. The summed E-state index contributed by atoms with van der Waals surface area (Å²) in [5, 5.41) is 13.3. The lowest BCUT2D eigenvalue weighted by atomic mass is 10.0. The Labute approximate surface area is 107 Å². The van der Waals surface area contributed by atoms with Crippen LogP contribution in [0.3, 0.4) is 0 Å². The molecule has 18 heavy (non-hydrogen) atoms. The minimum atomic E-state index is -0.321. The molecule has 0 aliphatic carbocycles. The third-order valence-electron chi connectivity index (χ3n) is 3.46. The number of nitrogens with zero attached hydrogens (tertiary/aromatic N) is 2. The lowest BCUT2D eigenvalue weighted by Crippen LogP contribution is -2.40. The number of carbonyl (C=O) groups excluding carboxylic acids is 2. The fourth-order valence-electron chi connectivity index (χ4n) is 2.36. The fraction of sp³-hybridized carbons (Fsp3) is 0.833. The Morgan fingerprint density at radius 1 is 0.778 bits per heavy atom. The average molecular weight is 252 g/mol. The molecule has 0 aromatic heterocycles. The summed E-state index contributed by atoms with van der Waals surface area (Å²) in [4.78, 5) is 23.4. The Kier molecular flexibility index (Phi) is 4.95. The molecule has 6 nitrogen and oxygen atoms in total. The van der Waals surface area contributed by atoms with E-state index in [0.717, 1.165) is 51.6 Å². The van der Waals surface area contributed by atoms with E-state index in [-0.39, 0.29) is 23.9 Å². The summed E-state index contributed by atoms with van der Waals surface area (Å²) in [7, 11) is 0. The van der Waals surface area contributed by atoms with E-state index >= 15 is 0 Å². The summed E-state index contributed by atoms with van der Waals surface area (Å²) in [6, 6.07) is -0.510. The molecule has 2 saturated heterocycles. The van der Waals surface area contributed by atoms with E-state index in [1.165, 1.54) is 0 Å². The average Bonchev–Trinajstić information content (AvgIpc) is 2.46. The maximum Gasteiger partial charge on any atom is 0.281 e. The third kappa shape index (κ3) is 3.68. The van der Waals surface area contributed by atoms with E-state index in [2.05, 4.69) is 20.9 Å². The van der Waals surface area contributed by atoms with E-state index in [1.807, 2.05) is 0 Å². The molecule has 2 heterocycles. The highest BCUT2D eigenvalue weighted by Gasteiger charge is 2.23. The molecule has 0 bridgehead atoms. The molecule has 0 aromatic carbocycles. The van der Waals surface area contributed by atoms with E-state index in [1.54, 1.807) is 0 Å². The molecule has 2 aliphatic heterocycles. The molecule has 2 N–H and O–H groups in total. The van der Waals surface area contributed by atoms with Crippen molar-refractivity contribution in [3.05, 3.63) is 0 Å². The van der Waals surface area contributed by atoms with Gasteiger partial charge in [0.25, 0.3) is 11.8 Å². The van der Waals surface area contributed by atoms with Crippen molar-refractivity contribution >= 4 is 11.8 Å². The first-order valence-corrected chi connectivity index (χ1v) is 6.73. The normalized spacial score (nSPS) is 29.3. The van der Waals surface area contributed by atoms with Crippen LogP contribution in [-0.2, 0) is 9.59 Å².